The molecule has 0 radical (unpaired) electrons. The molecule has 120 valence electrons. The molecule has 0 saturated carbocycles. The number of aliphatic hydroxyl groups excluding tert-OH is 1. The summed E-state index contributed by atoms with van der Waals surface area (Å²) in [6.07, 6.45) is 0.332. The number of carbonyl (C=O) groups is 1. The summed E-state index contributed by atoms with van der Waals surface area (Å²) in [6, 6.07) is 12.5. The summed E-state index contributed by atoms with van der Waals surface area (Å²) < 4.78 is 0. The Bertz CT molecular complexity index is 706. The number of nitrogens with zero attached hydrogens (tertiary/aromatic N) is 1. The fourth-order valence-electron chi connectivity index (χ4n) is 2.19. The Morgan fingerprint density at radius 1 is 1.26 bits per heavy atom. The van der Waals surface area contributed by atoms with Crippen molar-refractivity contribution < 1.29 is 14.8 Å². The number of hydrogen-bond acceptors (Lipinski definition) is 4. The van der Waals surface area contributed by atoms with E-state index < -0.39 is 16.9 Å². The molecule has 0 aliphatic heterocycles. The lowest BCUT2D eigenvalue weighted by Gasteiger charge is -2.18. The van der Waals surface area contributed by atoms with Crippen LogP contribution in [-0.2, 0) is 0 Å². The molecule has 2 aromatic rings. The third-order valence-electron chi connectivity index (χ3n) is 3.28. The van der Waals surface area contributed by atoms with Gasteiger partial charge < -0.3 is 10.4 Å². The lowest BCUT2D eigenvalue weighted by molar-refractivity contribution is -0.384. The van der Waals surface area contributed by atoms with Gasteiger partial charge in [-0.15, -0.1) is 0 Å². The summed E-state index contributed by atoms with van der Waals surface area (Å²) in [5.41, 5.74) is 0.690. The van der Waals surface area contributed by atoms with Gasteiger partial charge in [0, 0.05) is 29.3 Å². The zero-order valence-electron chi connectivity index (χ0n) is 12.1. The average Bonchev–Trinajstić information content (AvgIpc) is 2.54. The highest BCUT2D eigenvalue weighted by Gasteiger charge is 2.18. The SMILES string of the molecule is O=C(NC(CCO)c1ccccc1)c1cc(Cl)cc([N+](=O)[O-])c1. The molecule has 0 fully saturated rings. The number of aliphatic hydroxyl groups is 1. The minimum atomic E-state index is -0.606. The van der Waals surface area contributed by atoms with Crippen LogP contribution in [0, 0.1) is 10.1 Å². The first kappa shape index (κ1) is 16.9. The molecule has 2 N–H and O–H groups in total. The van der Waals surface area contributed by atoms with Gasteiger partial charge in [-0.1, -0.05) is 41.9 Å². The van der Waals surface area contributed by atoms with Crippen LogP contribution in [0.2, 0.25) is 5.02 Å². The minimum Gasteiger partial charge on any atom is -0.396 e. The number of nitro groups is 1. The highest BCUT2D eigenvalue weighted by molar-refractivity contribution is 6.31. The lowest BCUT2D eigenvalue weighted by atomic mass is 10.0. The number of nitrogens with one attached hydrogen (secondary N) is 1. The summed E-state index contributed by atoms with van der Waals surface area (Å²) in [6.45, 7) is -0.102. The Morgan fingerprint density at radius 3 is 2.57 bits per heavy atom. The van der Waals surface area contributed by atoms with E-state index in [1.165, 1.54) is 18.2 Å². The zero-order valence-corrected chi connectivity index (χ0v) is 12.9. The predicted molar refractivity (Wildman–Crippen MR) is 86.5 cm³/mol. The zero-order chi connectivity index (χ0) is 16.8. The van der Waals surface area contributed by atoms with Crippen molar-refractivity contribution in [3.8, 4) is 0 Å². The van der Waals surface area contributed by atoms with Crippen LogP contribution in [0.5, 0.6) is 0 Å². The highest BCUT2D eigenvalue weighted by Crippen LogP contribution is 2.22. The van der Waals surface area contributed by atoms with Gasteiger partial charge in [-0.3, -0.25) is 14.9 Å². The summed E-state index contributed by atoms with van der Waals surface area (Å²) in [5.74, 6) is -0.488. The number of halogens is 1. The van der Waals surface area contributed by atoms with Gasteiger partial charge >= 0.3 is 0 Å². The molecular formula is C16H15ClN2O4. The van der Waals surface area contributed by atoms with Crippen molar-refractivity contribution in [2.75, 3.05) is 6.61 Å². The van der Waals surface area contributed by atoms with Gasteiger partial charge in [-0.05, 0) is 18.1 Å². The fraction of sp³-hybridized carbons (Fsp3) is 0.188. The average molecular weight is 335 g/mol. The Kier molecular flexibility index (Phi) is 5.67. The second kappa shape index (κ2) is 7.71. The maximum atomic E-state index is 12.4. The summed E-state index contributed by atoms with van der Waals surface area (Å²) in [4.78, 5) is 22.6. The van der Waals surface area contributed by atoms with Crippen molar-refractivity contribution in [1.29, 1.82) is 0 Å². The van der Waals surface area contributed by atoms with Crippen LogP contribution in [0.25, 0.3) is 0 Å². The Morgan fingerprint density at radius 2 is 1.96 bits per heavy atom. The van der Waals surface area contributed by atoms with Gasteiger partial charge in [0.25, 0.3) is 11.6 Å². The molecule has 0 heterocycles. The third kappa shape index (κ3) is 4.51. The number of nitro benzene ring substituents is 1. The van der Waals surface area contributed by atoms with Gasteiger partial charge in [0.05, 0.1) is 11.0 Å². The maximum absolute atomic E-state index is 12.4. The maximum Gasteiger partial charge on any atom is 0.271 e. The van der Waals surface area contributed by atoms with E-state index in [1.807, 2.05) is 30.3 Å². The van der Waals surface area contributed by atoms with E-state index in [1.54, 1.807) is 0 Å². The Hall–Kier alpha value is -2.44. The van der Waals surface area contributed by atoms with Crippen LogP contribution >= 0.6 is 11.6 Å². The van der Waals surface area contributed by atoms with Crippen molar-refractivity contribution in [2.45, 2.75) is 12.5 Å². The van der Waals surface area contributed by atoms with E-state index in [-0.39, 0.29) is 22.9 Å². The summed E-state index contributed by atoms with van der Waals surface area (Å²) >= 11 is 5.83. The van der Waals surface area contributed by atoms with Crippen molar-refractivity contribution >= 4 is 23.2 Å². The normalized spacial score (nSPS) is 11.7. The molecule has 0 aliphatic rings. The number of amides is 1. The van der Waals surface area contributed by atoms with E-state index in [0.717, 1.165) is 5.56 Å². The molecule has 23 heavy (non-hydrogen) atoms. The van der Waals surface area contributed by atoms with Gasteiger partial charge in [-0.25, -0.2) is 0 Å². The number of rotatable bonds is 6. The first-order chi connectivity index (χ1) is 11.0. The molecule has 0 bridgehead atoms. The monoisotopic (exact) mass is 334 g/mol. The quantitative estimate of drug-likeness (QED) is 0.627. The molecular weight excluding hydrogens is 320 g/mol. The van der Waals surface area contributed by atoms with E-state index in [2.05, 4.69) is 5.32 Å². The predicted octanol–water partition coefficient (Wildman–Crippen LogP) is 3.10. The minimum absolute atomic E-state index is 0.100. The standard InChI is InChI=1S/C16H15ClN2O4/c17-13-8-12(9-14(10-13)19(22)23)16(21)18-15(6-7-20)11-4-2-1-3-5-11/h1-5,8-10,15,20H,6-7H2,(H,18,21). The van der Waals surface area contributed by atoms with Gasteiger partial charge in [0.2, 0.25) is 0 Å². The van der Waals surface area contributed by atoms with Crippen molar-refractivity contribution in [1.82, 2.24) is 5.32 Å². The molecule has 2 aromatic carbocycles. The smallest absolute Gasteiger partial charge is 0.271 e. The first-order valence-corrected chi connectivity index (χ1v) is 7.30. The molecule has 0 aliphatic carbocycles. The topological polar surface area (TPSA) is 92.5 Å². The second-order valence-electron chi connectivity index (χ2n) is 4.90. The third-order valence-corrected chi connectivity index (χ3v) is 3.50. The van der Waals surface area contributed by atoms with Crippen molar-refractivity contribution in [3.05, 3.63) is 74.8 Å². The molecule has 6 nitrogen and oxygen atoms in total. The van der Waals surface area contributed by atoms with Crippen LogP contribution in [0.3, 0.4) is 0 Å². The second-order valence-corrected chi connectivity index (χ2v) is 5.34. The number of benzene rings is 2. The van der Waals surface area contributed by atoms with Crippen LogP contribution in [0.4, 0.5) is 5.69 Å². The molecule has 1 amide bonds. The molecule has 7 heteroatoms. The largest absolute Gasteiger partial charge is 0.396 e. The number of non-ortho nitro benzene ring substituents is 1. The summed E-state index contributed by atoms with van der Waals surface area (Å²) in [7, 11) is 0. The number of hydrogen-bond donors (Lipinski definition) is 2. The van der Waals surface area contributed by atoms with Gasteiger partial charge in [0.1, 0.15) is 0 Å². The summed E-state index contributed by atoms with van der Waals surface area (Å²) in [5, 5.41) is 22.9. The molecule has 0 aromatic heterocycles. The van der Waals surface area contributed by atoms with Crippen LogP contribution in [0.15, 0.2) is 48.5 Å². The molecule has 1 atom stereocenters. The van der Waals surface area contributed by atoms with E-state index in [4.69, 9.17) is 11.6 Å². The highest BCUT2D eigenvalue weighted by atomic mass is 35.5. The van der Waals surface area contributed by atoms with E-state index >= 15 is 0 Å². The lowest BCUT2D eigenvalue weighted by Crippen LogP contribution is -2.29. The Balaban J connectivity index is 2.24. The molecule has 2 rings (SSSR count). The molecule has 0 spiro atoms. The molecule has 0 saturated heterocycles. The number of carbonyl (C=O) groups excluding carboxylic acids is 1. The fourth-order valence-corrected chi connectivity index (χ4v) is 2.42. The van der Waals surface area contributed by atoms with Gasteiger partial charge in [-0.2, -0.15) is 0 Å². The van der Waals surface area contributed by atoms with E-state index in [9.17, 15) is 20.0 Å². The Labute approximate surface area is 137 Å². The van der Waals surface area contributed by atoms with Crippen molar-refractivity contribution in [2.24, 2.45) is 0 Å². The molecule has 1 unspecified atom stereocenters. The van der Waals surface area contributed by atoms with Crippen LogP contribution < -0.4 is 5.32 Å². The van der Waals surface area contributed by atoms with Gasteiger partial charge in [0.15, 0.2) is 0 Å². The first-order valence-electron chi connectivity index (χ1n) is 6.93. The van der Waals surface area contributed by atoms with Crippen LogP contribution in [0.1, 0.15) is 28.4 Å². The van der Waals surface area contributed by atoms with Crippen molar-refractivity contribution in [3.63, 3.8) is 0 Å². The van der Waals surface area contributed by atoms with Crippen LogP contribution in [-0.4, -0.2) is 22.5 Å². The van der Waals surface area contributed by atoms with E-state index in [0.29, 0.717) is 6.42 Å².